The zero-order valence-corrected chi connectivity index (χ0v) is 13.2. The van der Waals surface area contributed by atoms with Gasteiger partial charge in [-0.3, -0.25) is 0 Å². The molecule has 1 unspecified atom stereocenters. The number of benzene rings is 2. The van der Waals surface area contributed by atoms with Crippen LogP contribution < -0.4 is 10.5 Å². The number of fused-ring (bicyclic) bond motifs is 1. The Morgan fingerprint density at radius 2 is 2.05 bits per heavy atom. The topological polar surface area (TPSA) is 35.2 Å². The minimum Gasteiger partial charge on any atom is -0.489 e. The molecule has 0 radical (unpaired) electrons. The minimum atomic E-state index is -0.113. The molecular weight excluding hydrogens is 302 g/mol. The van der Waals surface area contributed by atoms with E-state index in [0.717, 1.165) is 11.3 Å². The Balaban J connectivity index is 1.85. The molecule has 0 aliphatic rings. The third kappa shape index (κ3) is 3.05. The zero-order chi connectivity index (χ0) is 14.8. The first kappa shape index (κ1) is 14.4. The SMILES string of the molecule is CC(N)c1cc(Cl)ccc1OCc1csc2ccccc12. The summed E-state index contributed by atoms with van der Waals surface area (Å²) >= 11 is 7.77. The smallest absolute Gasteiger partial charge is 0.124 e. The molecule has 3 rings (SSSR count). The average molecular weight is 318 g/mol. The molecule has 3 aromatic rings. The number of hydrogen-bond donors (Lipinski definition) is 1. The van der Waals surface area contributed by atoms with Gasteiger partial charge in [-0.05, 0) is 42.0 Å². The first-order valence-electron chi connectivity index (χ1n) is 6.78. The normalized spacial score (nSPS) is 12.5. The van der Waals surface area contributed by atoms with Crippen molar-refractivity contribution in [3.63, 3.8) is 0 Å². The van der Waals surface area contributed by atoms with Crippen LogP contribution in [0, 0.1) is 0 Å². The van der Waals surface area contributed by atoms with Gasteiger partial charge in [-0.25, -0.2) is 0 Å². The van der Waals surface area contributed by atoms with Gasteiger partial charge in [0.25, 0.3) is 0 Å². The van der Waals surface area contributed by atoms with Crippen LogP contribution in [0.5, 0.6) is 5.75 Å². The molecule has 2 N–H and O–H groups in total. The first-order chi connectivity index (χ1) is 10.1. The summed E-state index contributed by atoms with van der Waals surface area (Å²) in [6, 6.07) is 13.8. The second-order valence-corrected chi connectivity index (χ2v) is 6.36. The van der Waals surface area contributed by atoms with Gasteiger partial charge in [0, 0.05) is 26.9 Å². The fourth-order valence-corrected chi connectivity index (χ4v) is 3.43. The Morgan fingerprint density at radius 1 is 1.24 bits per heavy atom. The van der Waals surface area contributed by atoms with E-state index in [4.69, 9.17) is 22.1 Å². The Hall–Kier alpha value is -1.55. The summed E-state index contributed by atoms with van der Waals surface area (Å²) in [6.45, 7) is 2.46. The molecule has 0 spiro atoms. The van der Waals surface area contributed by atoms with Crippen LogP contribution in [0.2, 0.25) is 5.02 Å². The summed E-state index contributed by atoms with van der Waals surface area (Å²) in [5.41, 5.74) is 8.11. The highest BCUT2D eigenvalue weighted by Crippen LogP contribution is 2.30. The number of nitrogens with two attached hydrogens (primary N) is 1. The lowest BCUT2D eigenvalue weighted by Crippen LogP contribution is -2.08. The summed E-state index contributed by atoms with van der Waals surface area (Å²) in [5.74, 6) is 0.796. The van der Waals surface area contributed by atoms with E-state index < -0.39 is 0 Å². The van der Waals surface area contributed by atoms with Gasteiger partial charge in [0.1, 0.15) is 12.4 Å². The molecule has 0 fully saturated rings. The van der Waals surface area contributed by atoms with E-state index >= 15 is 0 Å². The van der Waals surface area contributed by atoms with Crippen molar-refractivity contribution in [1.82, 2.24) is 0 Å². The zero-order valence-electron chi connectivity index (χ0n) is 11.7. The molecule has 108 valence electrons. The van der Waals surface area contributed by atoms with E-state index in [1.165, 1.54) is 15.6 Å². The maximum Gasteiger partial charge on any atom is 0.124 e. The second-order valence-electron chi connectivity index (χ2n) is 5.02. The number of halogens is 1. The van der Waals surface area contributed by atoms with Crippen LogP contribution in [0.3, 0.4) is 0 Å². The minimum absolute atomic E-state index is 0.113. The largest absolute Gasteiger partial charge is 0.489 e. The van der Waals surface area contributed by atoms with Gasteiger partial charge >= 0.3 is 0 Å². The average Bonchev–Trinajstić information content (AvgIpc) is 2.89. The maximum absolute atomic E-state index is 6.03. The fourth-order valence-electron chi connectivity index (χ4n) is 2.31. The molecule has 1 heterocycles. The Bertz CT molecular complexity index is 766. The summed E-state index contributed by atoms with van der Waals surface area (Å²) < 4.78 is 7.25. The van der Waals surface area contributed by atoms with E-state index in [9.17, 15) is 0 Å². The summed E-state index contributed by atoms with van der Waals surface area (Å²) in [4.78, 5) is 0. The highest BCUT2D eigenvalue weighted by atomic mass is 35.5. The van der Waals surface area contributed by atoms with Crippen molar-refractivity contribution in [2.45, 2.75) is 19.6 Å². The van der Waals surface area contributed by atoms with Crippen LogP contribution >= 0.6 is 22.9 Å². The molecule has 2 nitrogen and oxygen atoms in total. The summed E-state index contributed by atoms with van der Waals surface area (Å²) in [6.07, 6.45) is 0. The highest BCUT2D eigenvalue weighted by molar-refractivity contribution is 7.17. The molecule has 0 saturated heterocycles. The van der Waals surface area contributed by atoms with Crippen LogP contribution in [-0.4, -0.2) is 0 Å². The molecule has 0 bridgehead atoms. The van der Waals surface area contributed by atoms with Crippen LogP contribution in [0.1, 0.15) is 24.1 Å². The van der Waals surface area contributed by atoms with Crippen molar-refractivity contribution < 1.29 is 4.74 Å². The van der Waals surface area contributed by atoms with E-state index in [1.54, 1.807) is 11.3 Å². The molecular formula is C17H16ClNOS. The Kier molecular flexibility index (Phi) is 4.15. The van der Waals surface area contributed by atoms with Gasteiger partial charge < -0.3 is 10.5 Å². The lowest BCUT2D eigenvalue weighted by molar-refractivity contribution is 0.303. The molecule has 1 aromatic heterocycles. The van der Waals surface area contributed by atoms with E-state index in [-0.39, 0.29) is 6.04 Å². The van der Waals surface area contributed by atoms with Gasteiger partial charge in [0.15, 0.2) is 0 Å². The Morgan fingerprint density at radius 3 is 2.86 bits per heavy atom. The lowest BCUT2D eigenvalue weighted by Gasteiger charge is -2.14. The summed E-state index contributed by atoms with van der Waals surface area (Å²) in [5, 5.41) is 4.07. The number of thiophene rings is 1. The van der Waals surface area contributed by atoms with Crippen LogP contribution in [0.25, 0.3) is 10.1 Å². The van der Waals surface area contributed by atoms with Gasteiger partial charge in [0.05, 0.1) is 0 Å². The first-order valence-corrected chi connectivity index (χ1v) is 8.04. The van der Waals surface area contributed by atoms with Crippen molar-refractivity contribution in [2.75, 3.05) is 0 Å². The fraction of sp³-hybridized carbons (Fsp3) is 0.176. The molecule has 0 saturated carbocycles. The third-order valence-electron chi connectivity index (χ3n) is 3.41. The Labute approximate surface area is 133 Å². The lowest BCUT2D eigenvalue weighted by atomic mass is 10.1. The molecule has 21 heavy (non-hydrogen) atoms. The van der Waals surface area contributed by atoms with Gasteiger partial charge in [-0.1, -0.05) is 29.8 Å². The predicted molar refractivity (Wildman–Crippen MR) is 90.2 cm³/mol. The molecule has 4 heteroatoms. The van der Waals surface area contributed by atoms with Crippen molar-refractivity contribution >= 4 is 33.0 Å². The maximum atomic E-state index is 6.03. The van der Waals surface area contributed by atoms with Crippen molar-refractivity contribution in [1.29, 1.82) is 0 Å². The molecule has 0 aliphatic carbocycles. The number of ether oxygens (including phenoxy) is 1. The van der Waals surface area contributed by atoms with Gasteiger partial charge in [-0.2, -0.15) is 0 Å². The molecule has 1 atom stereocenters. The quantitative estimate of drug-likeness (QED) is 0.722. The predicted octanol–water partition coefficient (Wildman–Crippen LogP) is 5.15. The van der Waals surface area contributed by atoms with Crippen LogP contribution in [-0.2, 0) is 6.61 Å². The van der Waals surface area contributed by atoms with Gasteiger partial charge in [0.2, 0.25) is 0 Å². The third-order valence-corrected chi connectivity index (χ3v) is 4.65. The van der Waals surface area contributed by atoms with E-state index in [0.29, 0.717) is 11.6 Å². The molecule has 0 aliphatic heterocycles. The van der Waals surface area contributed by atoms with Crippen molar-refractivity contribution in [3.8, 4) is 5.75 Å². The molecule has 2 aromatic carbocycles. The molecule has 0 amide bonds. The van der Waals surface area contributed by atoms with Crippen molar-refractivity contribution in [3.05, 3.63) is 64.0 Å². The van der Waals surface area contributed by atoms with E-state index in [2.05, 4.69) is 23.6 Å². The standard InChI is InChI=1S/C17H16ClNOS/c1-11(19)15-8-13(18)6-7-16(15)20-9-12-10-21-17-5-3-2-4-14(12)17/h2-8,10-11H,9,19H2,1H3. The van der Waals surface area contributed by atoms with Gasteiger partial charge in [-0.15, -0.1) is 11.3 Å². The van der Waals surface area contributed by atoms with Crippen LogP contribution in [0.4, 0.5) is 0 Å². The second kappa shape index (κ2) is 6.06. The van der Waals surface area contributed by atoms with Crippen LogP contribution in [0.15, 0.2) is 47.8 Å². The number of rotatable bonds is 4. The highest BCUT2D eigenvalue weighted by Gasteiger charge is 2.10. The van der Waals surface area contributed by atoms with Crippen molar-refractivity contribution in [2.24, 2.45) is 5.73 Å². The number of hydrogen-bond acceptors (Lipinski definition) is 3. The van der Waals surface area contributed by atoms with E-state index in [1.807, 2.05) is 31.2 Å². The summed E-state index contributed by atoms with van der Waals surface area (Å²) in [7, 11) is 0. The monoisotopic (exact) mass is 317 g/mol.